The van der Waals surface area contributed by atoms with Gasteiger partial charge in [0.05, 0.1) is 12.7 Å². The molecule has 0 aliphatic heterocycles. The largest absolute Gasteiger partial charge is 0.496 e. The van der Waals surface area contributed by atoms with Gasteiger partial charge in [-0.1, -0.05) is 32.9 Å². The second-order valence-electron chi connectivity index (χ2n) is 3.87. The van der Waals surface area contributed by atoms with Gasteiger partial charge < -0.3 is 4.74 Å². The van der Waals surface area contributed by atoms with E-state index in [9.17, 15) is 4.79 Å². The Morgan fingerprint density at radius 2 is 2.07 bits per heavy atom. The van der Waals surface area contributed by atoms with E-state index < -0.39 is 0 Å². The van der Waals surface area contributed by atoms with Gasteiger partial charge in [-0.05, 0) is 18.1 Å². The number of rotatable bonds is 4. The minimum atomic E-state index is 0.00556. The number of hydrogen-bond donors (Lipinski definition) is 0. The smallest absolute Gasteiger partial charge is 0.169 e. The molecule has 0 heterocycles. The zero-order chi connectivity index (χ0) is 11.4. The predicted octanol–water partition coefficient (Wildman–Crippen LogP) is 3.10. The van der Waals surface area contributed by atoms with Crippen LogP contribution in [0.25, 0.3) is 0 Å². The maximum Gasteiger partial charge on any atom is 0.169 e. The Morgan fingerprint density at radius 1 is 1.40 bits per heavy atom. The molecule has 1 rings (SSSR count). The standard InChI is InChI=1S/C13H18O2/c1-5-10-7-6-8-11(13(10)15-4)12(14)9(2)3/h6-9H,5H2,1-4H3. The monoisotopic (exact) mass is 206 g/mol. The summed E-state index contributed by atoms with van der Waals surface area (Å²) in [5.41, 5.74) is 1.79. The van der Waals surface area contributed by atoms with Gasteiger partial charge >= 0.3 is 0 Å². The lowest BCUT2D eigenvalue weighted by atomic mass is 9.97. The van der Waals surface area contributed by atoms with E-state index in [-0.39, 0.29) is 11.7 Å². The molecule has 0 radical (unpaired) electrons. The van der Waals surface area contributed by atoms with Crippen molar-refractivity contribution in [3.63, 3.8) is 0 Å². The summed E-state index contributed by atoms with van der Waals surface area (Å²) in [4.78, 5) is 11.9. The van der Waals surface area contributed by atoms with Crippen molar-refractivity contribution >= 4 is 5.78 Å². The first-order valence-corrected chi connectivity index (χ1v) is 5.31. The first-order chi connectivity index (χ1) is 7.11. The Balaban J connectivity index is 3.23. The van der Waals surface area contributed by atoms with E-state index in [1.54, 1.807) is 7.11 Å². The summed E-state index contributed by atoms with van der Waals surface area (Å²) >= 11 is 0. The average molecular weight is 206 g/mol. The van der Waals surface area contributed by atoms with Crippen molar-refractivity contribution in [2.45, 2.75) is 27.2 Å². The summed E-state index contributed by atoms with van der Waals surface area (Å²) in [6, 6.07) is 5.74. The van der Waals surface area contributed by atoms with Gasteiger partial charge in [0, 0.05) is 5.92 Å². The molecule has 0 N–H and O–H groups in total. The van der Waals surface area contributed by atoms with E-state index in [4.69, 9.17) is 4.74 Å². The molecule has 1 aromatic carbocycles. The van der Waals surface area contributed by atoms with E-state index >= 15 is 0 Å². The molecule has 0 atom stereocenters. The molecular formula is C13H18O2. The topological polar surface area (TPSA) is 26.3 Å². The van der Waals surface area contributed by atoms with E-state index in [2.05, 4.69) is 6.92 Å². The highest BCUT2D eigenvalue weighted by Gasteiger charge is 2.17. The van der Waals surface area contributed by atoms with E-state index in [0.717, 1.165) is 17.7 Å². The first kappa shape index (κ1) is 11.8. The molecule has 1 aromatic rings. The maximum absolute atomic E-state index is 11.9. The number of Topliss-reactive ketones (excluding diaryl/α,β-unsaturated/α-hetero) is 1. The van der Waals surface area contributed by atoms with Gasteiger partial charge in [-0.15, -0.1) is 0 Å². The Hall–Kier alpha value is -1.31. The average Bonchev–Trinajstić information content (AvgIpc) is 2.26. The van der Waals surface area contributed by atoms with Crippen LogP contribution in [0.5, 0.6) is 5.75 Å². The molecule has 82 valence electrons. The highest BCUT2D eigenvalue weighted by Crippen LogP contribution is 2.26. The van der Waals surface area contributed by atoms with Crippen molar-refractivity contribution in [3.05, 3.63) is 29.3 Å². The molecule has 0 bridgehead atoms. The van der Waals surface area contributed by atoms with Gasteiger partial charge in [0.25, 0.3) is 0 Å². The summed E-state index contributed by atoms with van der Waals surface area (Å²) in [5.74, 6) is 0.881. The summed E-state index contributed by atoms with van der Waals surface area (Å²) in [6.45, 7) is 5.86. The Labute approximate surface area is 91.3 Å². The molecule has 2 heteroatoms. The normalized spacial score (nSPS) is 10.5. The molecule has 0 fully saturated rings. The molecule has 0 unspecified atom stereocenters. The third-order valence-electron chi connectivity index (χ3n) is 2.47. The molecule has 0 saturated carbocycles. The van der Waals surface area contributed by atoms with E-state index in [1.165, 1.54) is 0 Å². The number of ether oxygens (including phenoxy) is 1. The minimum absolute atomic E-state index is 0.00556. The van der Waals surface area contributed by atoms with Gasteiger partial charge in [0.2, 0.25) is 0 Å². The molecule has 0 aliphatic rings. The Bertz CT molecular complexity index is 354. The summed E-state index contributed by atoms with van der Waals surface area (Å²) < 4.78 is 5.32. The fourth-order valence-electron chi connectivity index (χ4n) is 1.61. The molecule has 0 saturated heterocycles. The van der Waals surface area contributed by atoms with Gasteiger partial charge in [-0.3, -0.25) is 4.79 Å². The van der Waals surface area contributed by atoms with Crippen LogP contribution in [0, 0.1) is 5.92 Å². The number of para-hydroxylation sites is 1. The maximum atomic E-state index is 11.9. The van der Waals surface area contributed by atoms with Crippen LogP contribution in [0.3, 0.4) is 0 Å². The van der Waals surface area contributed by atoms with Crippen LogP contribution in [0.2, 0.25) is 0 Å². The van der Waals surface area contributed by atoms with Crippen molar-refractivity contribution < 1.29 is 9.53 Å². The van der Waals surface area contributed by atoms with E-state index in [1.807, 2.05) is 32.0 Å². The molecule has 0 aliphatic carbocycles. The number of carbonyl (C=O) groups excluding carboxylic acids is 1. The third kappa shape index (κ3) is 2.38. The number of hydrogen-bond acceptors (Lipinski definition) is 2. The fraction of sp³-hybridized carbons (Fsp3) is 0.462. The second-order valence-corrected chi connectivity index (χ2v) is 3.87. The SMILES string of the molecule is CCc1cccc(C(=O)C(C)C)c1OC. The molecule has 15 heavy (non-hydrogen) atoms. The number of methoxy groups -OCH3 is 1. The lowest BCUT2D eigenvalue weighted by Crippen LogP contribution is -2.10. The van der Waals surface area contributed by atoms with Crippen molar-refractivity contribution in [1.82, 2.24) is 0 Å². The van der Waals surface area contributed by atoms with Gasteiger partial charge in [0.15, 0.2) is 5.78 Å². The zero-order valence-electron chi connectivity index (χ0n) is 9.83. The van der Waals surface area contributed by atoms with Crippen LogP contribution < -0.4 is 4.74 Å². The zero-order valence-corrected chi connectivity index (χ0v) is 9.83. The van der Waals surface area contributed by atoms with Crippen LogP contribution in [-0.2, 0) is 6.42 Å². The van der Waals surface area contributed by atoms with Gasteiger partial charge in [0.1, 0.15) is 5.75 Å². The number of ketones is 1. The minimum Gasteiger partial charge on any atom is -0.496 e. The summed E-state index contributed by atoms with van der Waals surface area (Å²) in [5, 5.41) is 0. The van der Waals surface area contributed by atoms with E-state index in [0.29, 0.717) is 5.56 Å². The Kier molecular flexibility index (Phi) is 3.89. The van der Waals surface area contributed by atoms with Crippen molar-refractivity contribution in [2.75, 3.05) is 7.11 Å². The number of carbonyl (C=O) groups is 1. The van der Waals surface area contributed by atoms with Crippen LogP contribution in [-0.4, -0.2) is 12.9 Å². The Morgan fingerprint density at radius 3 is 2.53 bits per heavy atom. The van der Waals surface area contributed by atoms with Crippen LogP contribution >= 0.6 is 0 Å². The summed E-state index contributed by atoms with van der Waals surface area (Å²) in [7, 11) is 1.62. The summed E-state index contributed by atoms with van der Waals surface area (Å²) in [6.07, 6.45) is 0.877. The predicted molar refractivity (Wildman–Crippen MR) is 61.5 cm³/mol. The van der Waals surface area contributed by atoms with Crippen LogP contribution in [0.1, 0.15) is 36.7 Å². The molecule has 2 nitrogen and oxygen atoms in total. The number of benzene rings is 1. The van der Waals surface area contributed by atoms with Crippen LogP contribution in [0.4, 0.5) is 0 Å². The molecule has 0 aromatic heterocycles. The van der Waals surface area contributed by atoms with Crippen molar-refractivity contribution in [3.8, 4) is 5.75 Å². The fourth-order valence-corrected chi connectivity index (χ4v) is 1.61. The molecule has 0 amide bonds. The third-order valence-corrected chi connectivity index (χ3v) is 2.47. The molecular weight excluding hydrogens is 188 g/mol. The molecule has 0 spiro atoms. The highest BCUT2D eigenvalue weighted by molar-refractivity contribution is 6.00. The highest BCUT2D eigenvalue weighted by atomic mass is 16.5. The lowest BCUT2D eigenvalue weighted by molar-refractivity contribution is 0.0936. The van der Waals surface area contributed by atoms with Crippen LogP contribution in [0.15, 0.2) is 18.2 Å². The van der Waals surface area contributed by atoms with Crippen molar-refractivity contribution in [1.29, 1.82) is 0 Å². The number of aryl methyl sites for hydroxylation is 1. The van der Waals surface area contributed by atoms with Gasteiger partial charge in [-0.25, -0.2) is 0 Å². The van der Waals surface area contributed by atoms with Crippen molar-refractivity contribution in [2.24, 2.45) is 5.92 Å². The first-order valence-electron chi connectivity index (χ1n) is 5.31. The lowest BCUT2D eigenvalue weighted by Gasteiger charge is -2.13. The van der Waals surface area contributed by atoms with Gasteiger partial charge in [-0.2, -0.15) is 0 Å². The second kappa shape index (κ2) is 4.96. The quantitative estimate of drug-likeness (QED) is 0.707.